The van der Waals surface area contributed by atoms with Crippen molar-refractivity contribution in [1.29, 1.82) is 0 Å². The average Bonchev–Trinajstić information content (AvgIpc) is 2.48. The van der Waals surface area contributed by atoms with Crippen LogP contribution >= 0.6 is 0 Å². The molecule has 108 valence electrons. The molecule has 0 aliphatic carbocycles. The van der Waals surface area contributed by atoms with E-state index in [1.54, 1.807) is 0 Å². The maximum Gasteiger partial charge on any atom is -0.00942 e. The molecule has 0 spiro atoms. The van der Waals surface area contributed by atoms with Crippen molar-refractivity contribution in [3.05, 3.63) is 72.4 Å². The summed E-state index contributed by atoms with van der Waals surface area (Å²) in [4.78, 5) is 0. The van der Waals surface area contributed by atoms with Crippen LogP contribution in [0.3, 0.4) is 0 Å². The molecule has 0 saturated heterocycles. The van der Waals surface area contributed by atoms with Gasteiger partial charge in [0.1, 0.15) is 0 Å². The van der Waals surface area contributed by atoms with Crippen molar-refractivity contribution >= 4 is 0 Å². The third-order valence-corrected chi connectivity index (χ3v) is 3.37. The van der Waals surface area contributed by atoms with E-state index in [0.717, 1.165) is 12.8 Å². The fourth-order valence-electron chi connectivity index (χ4n) is 2.21. The summed E-state index contributed by atoms with van der Waals surface area (Å²) in [5.41, 5.74) is 2.76. The zero-order valence-corrected chi connectivity index (χ0v) is 12.9. The highest BCUT2D eigenvalue weighted by Gasteiger charge is 1.92. The van der Waals surface area contributed by atoms with Crippen LogP contribution in [-0.2, 0) is 6.42 Å². The van der Waals surface area contributed by atoms with E-state index >= 15 is 0 Å². The Labute approximate surface area is 124 Å². The molecule has 1 aromatic rings. The van der Waals surface area contributed by atoms with Gasteiger partial charge < -0.3 is 0 Å². The molecule has 1 aromatic carbocycles. The Balaban J connectivity index is 2.40. The van der Waals surface area contributed by atoms with E-state index in [9.17, 15) is 0 Å². The zero-order valence-electron chi connectivity index (χ0n) is 12.9. The van der Waals surface area contributed by atoms with E-state index in [-0.39, 0.29) is 0 Å². The lowest BCUT2D eigenvalue weighted by atomic mass is 10.1. The SMILES string of the molecule is C=CCC(/C=C/Cc1ccccc1)=C\CCCCCC. The molecule has 0 aliphatic rings. The van der Waals surface area contributed by atoms with Gasteiger partial charge in [-0.15, -0.1) is 6.58 Å². The molecular weight excluding hydrogens is 240 g/mol. The zero-order chi connectivity index (χ0) is 14.5. The minimum atomic E-state index is 0.971. The van der Waals surface area contributed by atoms with E-state index in [2.05, 4.69) is 62.1 Å². The summed E-state index contributed by atoms with van der Waals surface area (Å²) in [5, 5.41) is 0. The van der Waals surface area contributed by atoms with E-state index < -0.39 is 0 Å². The van der Waals surface area contributed by atoms with Crippen LogP contribution in [0.15, 0.2) is 66.8 Å². The van der Waals surface area contributed by atoms with Crippen molar-refractivity contribution in [2.45, 2.75) is 51.9 Å². The van der Waals surface area contributed by atoms with Gasteiger partial charge in [0.05, 0.1) is 0 Å². The fourth-order valence-corrected chi connectivity index (χ4v) is 2.21. The Kier molecular flexibility index (Phi) is 9.30. The van der Waals surface area contributed by atoms with Crippen LogP contribution in [-0.4, -0.2) is 0 Å². The summed E-state index contributed by atoms with van der Waals surface area (Å²) >= 11 is 0. The molecular formula is C20H28. The molecule has 0 bridgehead atoms. The van der Waals surface area contributed by atoms with Crippen LogP contribution < -0.4 is 0 Å². The number of allylic oxidation sites excluding steroid dienone is 5. The van der Waals surface area contributed by atoms with Crippen molar-refractivity contribution in [3.63, 3.8) is 0 Å². The van der Waals surface area contributed by atoms with Crippen molar-refractivity contribution in [1.82, 2.24) is 0 Å². The van der Waals surface area contributed by atoms with Crippen LogP contribution in [0.25, 0.3) is 0 Å². The molecule has 20 heavy (non-hydrogen) atoms. The van der Waals surface area contributed by atoms with E-state index in [4.69, 9.17) is 0 Å². The molecule has 0 fully saturated rings. The van der Waals surface area contributed by atoms with Crippen molar-refractivity contribution in [3.8, 4) is 0 Å². The van der Waals surface area contributed by atoms with E-state index in [1.165, 1.54) is 43.2 Å². The molecule has 0 heteroatoms. The maximum absolute atomic E-state index is 3.85. The van der Waals surface area contributed by atoms with Gasteiger partial charge >= 0.3 is 0 Å². The number of hydrogen-bond acceptors (Lipinski definition) is 0. The first-order chi connectivity index (χ1) is 9.86. The molecule has 0 aliphatic heterocycles. The molecule has 0 aromatic heterocycles. The van der Waals surface area contributed by atoms with Crippen molar-refractivity contribution < 1.29 is 0 Å². The predicted molar refractivity (Wildman–Crippen MR) is 90.9 cm³/mol. The van der Waals surface area contributed by atoms with Gasteiger partial charge in [-0.05, 0) is 36.8 Å². The van der Waals surface area contributed by atoms with Gasteiger partial charge in [-0.25, -0.2) is 0 Å². The molecule has 0 nitrogen and oxygen atoms in total. The molecule has 0 heterocycles. The Morgan fingerprint density at radius 1 is 1.10 bits per heavy atom. The summed E-state index contributed by atoms with van der Waals surface area (Å²) in [6.45, 7) is 6.10. The molecule has 0 unspecified atom stereocenters. The monoisotopic (exact) mass is 268 g/mol. The third-order valence-electron chi connectivity index (χ3n) is 3.37. The first-order valence-electron chi connectivity index (χ1n) is 7.87. The quantitative estimate of drug-likeness (QED) is 0.267. The first-order valence-corrected chi connectivity index (χ1v) is 7.87. The highest BCUT2D eigenvalue weighted by atomic mass is 14.0. The van der Waals surface area contributed by atoms with Gasteiger partial charge in [0, 0.05) is 0 Å². The normalized spacial score (nSPS) is 11.9. The lowest BCUT2D eigenvalue weighted by molar-refractivity contribution is 0.673. The van der Waals surface area contributed by atoms with Crippen LogP contribution in [0.5, 0.6) is 0 Å². The molecule has 0 N–H and O–H groups in total. The van der Waals surface area contributed by atoms with Crippen LogP contribution in [0.2, 0.25) is 0 Å². The second kappa shape index (κ2) is 11.3. The second-order valence-corrected chi connectivity index (χ2v) is 5.21. The Morgan fingerprint density at radius 2 is 1.90 bits per heavy atom. The predicted octanol–water partition coefficient (Wildman–Crippen LogP) is 6.26. The van der Waals surface area contributed by atoms with Crippen molar-refractivity contribution in [2.75, 3.05) is 0 Å². The lowest BCUT2D eigenvalue weighted by Gasteiger charge is -2.00. The Hall–Kier alpha value is -1.56. The average molecular weight is 268 g/mol. The summed E-state index contributed by atoms with van der Waals surface area (Å²) in [6.07, 6.45) is 17.4. The molecule has 0 radical (unpaired) electrons. The largest absolute Gasteiger partial charge is 0.103 e. The van der Waals surface area contributed by atoms with Gasteiger partial charge in [-0.2, -0.15) is 0 Å². The highest BCUT2D eigenvalue weighted by Crippen LogP contribution is 2.11. The summed E-state index contributed by atoms with van der Waals surface area (Å²) in [7, 11) is 0. The number of hydrogen-bond donors (Lipinski definition) is 0. The van der Waals surface area contributed by atoms with Gasteiger partial charge in [0.25, 0.3) is 0 Å². The summed E-state index contributed by atoms with van der Waals surface area (Å²) in [6, 6.07) is 10.6. The maximum atomic E-state index is 3.85. The molecule has 0 saturated carbocycles. The minimum absolute atomic E-state index is 0.971. The fraction of sp³-hybridized carbons (Fsp3) is 0.400. The molecule has 0 atom stereocenters. The van der Waals surface area contributed by atoms with Crippen LogP contribution in [0.1, 0.15) is 51.0 Å². The highest BCUT2D eigenvalue weighted by molar-refractivity contribution is 5.24. The number of unbranched alkanes of at least 4 members (excludes halogenated alkanes) is 4. The van der Waals surface area contributed by atoms with Gasteiger partial charge in [0.2, 0.25) is 0 Å². The van der Waals surface area contributed by atoms with Gasteiger partial charge in [-0.3, -0.25) is 0 Å². The molecule has 1 rings (SSSR count). The lowest BCUT2D eigenvalue weighted by Crippen LogP contribution is -1.82. The van der Waals surface area contributed by atoms with Crippen molar-refractivity contribution in [2.24, 2.45) is 0 Å². The second-order valence-electron chi connectivity index (χ2n) is 5.21. The topological polar surface area (TPSA) is 0 Å². The standard InChI is InChI=1S/C20H28/c1-3-5-6-7-9-14-19(13-4-2)17-12-18-20-15-10-8-11-16-20/h4,8,10-12,14-17H,2-3,5-7,9,13,18H2,1H3/b17-12+,19-14+. The van der Waals surface area contributed by atoms with Gasteiger partial charge in [-0.1, -0.05) is 80.8 Å². The Morgan fingerprint density at radius 3 is 2.60 bits per heavy atom. The van der Waals surface area contributed by atoms with E-state index in [0.29, 0.717) is 0 Å². The summed E-state index contributed by atoms with van der Waals surface area (Å²) in [5.74, 6) is 0. The Bertz CT molecular complexity index is 409. The minimum Gasteiger partial charge on any atom is -0.103 e. The number of benzene rings is 1. The number of rotatable bonds is 10. The smallest absolute Gasteiger partial charge is 0.00942 e. The van der Waals surface area contributed by atoms with E-state index in [1.807, 2.05) is 6.08 Å². The summed E-state index contributed by atoms with van der Waals surface area (Å²) < 4.78 is 0. The van der Waals surface area contributed by atoms with Crippen LogP contribution in [0, 0.1) is 0 Å². The van der Waals surface area contributed by atoms with Crippen LogP contribution in [0.4, 0.5) is 0 Å². The first kappa shape index (κ1) is 16.5. The van der Waals surface area contributed by atoms with Gasteiger partial charge in [0.15, 0.2) is 0 Å². The third kappa shape index (κ3) is 7.78. The molecule has 0 amide bonds.